The fourth-order valence-electron chi connectivity index (χ4n) is 3.03. The van der Waals surface area contributed by atoms with Crippen molar-refractivity contribution in [3.8, 4) is 0 Å². The van der Waals surface area contributed by atoms with Gasteiger partial charge in [-0.3, -0.25) is 10.1 Å². The van der Waals surface area contributed by atoms with Crippen molar-refractivity contribution in [2.24, 2.45) is 0 Å². The Balaban J connectivity index is 2.51. The Morgan fingerprint density at radius 3 is 2.06 bits per heavy atom. The van der Waals surface area contributed by atoms with Crippen molar-refractivity contribution in [1.29, 1.82) is 0 Å². The summed E-state index contributed by atoms with van der Waals surface area (Å²) in [4.78, 5) is 52.7. The quantitative estimate of drug-likeness (QED) is 0.299. The minimum atomic E-state index is -1.41. The number of hydrogen-bond acceptors (Lipinski definition) is 8. The summed E-state index contributed by atoms with van der Waals surface area (Å²) in [6, 6.07) is 2.80. The van der Waals surface area contributed by atoms with Crippen LogP contribution in [0, 0.1) is 10.1 Å². The van der Waals surface area contributed by atoms with Gasteiger partial charge in [0.2, 0.25) is 0 Å². The molecule has 2 rings (SSSR count). The summed E-state index contributed by atoms with van der Waals surface area (Å²) in [6.45, 7) is 9.74. The Kier molecular flexibility index (Phi) is 7.36. The van der Waals surface area contributed by atoms with Crippen LogP contribution in [0.4, 0.5) is 15.3 Å². The van der Waals surface area contributed by atoms with E-state index in [9.17, 15) is 24.5 Å². The van der Waals surface area contributed by atoms with Crippen LogP contribution in [-0.4, -0.2) is 57.3 Å². The van der Waals surface area contributed by atoms with Gasteiger partial charge < -0.3 is 19.2 Å². The van der Waals surface area contributed by atoms with Crippen molar-refractivity contribution < 1.29 is 33.5 Å². The number of methoxy groups -OCH3 is 1. The average Bonchev–Trinajstić information content (AvgIpc) is 3.06. The van der Waals surface area contributed by atoms with E-state index in [1.807, 2.05) is 0 Å². The van der Waals surface area contributed by atoms with Gasteiger partial charge in [-0.05, 0) is 53.2 Å². The summed E-state index contributed by atoms with van der Waals surface area (Å²) >= 11 is 0. The largest absolute Gasteiger partial charge is 0.467 e. The molecule has 0 spiro atoms. The minimum absolute atomic E-state index is 0.107. The van der Waals surface area contributed by atoms with E-state index in [0.717, 1.165) is 7.11 Å². The Morgan fingerprint density at radius 1 is 1.06 bits per heavy atom. The van der Waals surface area contributed by atoms with Crippen molar-refractivity contribution >= 4 is 34.7 Å². The van der Waals surface area contributed by atoms with Gasteiger partial charge in [-0.1, -0.05) is 0 Å². The molecule has 0 aliphatic heterocycles. The van der Waals surface area contributed by atoms with Gasteiger partial charge in [0.1, 0.15) is 17.2 Å². The van der Waals surface area contributed by atoms with Gasteiger partial charge in [-0.2, -0.15) is 4.90 Å². The summed E-state index contributed by atoms with van der Waals surface area (Å²) < 4.78 is 15.6. The van der Waals surface area contributed by atoms with E-state index >= 15 is 0 Å². The number of H-pyrrole nitrogens is 1. The van der Waals surface area contributed by atoms with Crippen LogP contribution in [0.3, 0.4) is 0 Å². The number of benzene rings is 1. The number of non-ortho nitro benzene ring substituents is 1. The van der Waals surface area contributed by atoms with E-state index in [1.165, 1.54) is 18.2 Å². The van der Waals surface area contributed by atoms with Crippen LogP contribution in [0.5, 0.6) is 0 Å². The molecule has 1 aromatic carbocycles. The molecule has 0 bridgehead atoms. The first kappa shape index (κ1) is 25.6. The SMILES string of the molecule is COC(=O)[C@@H](Cc1c[nH]c2cc([N+](=O)[O-])ccc12)N(C(=O)OC(C)(C)C)C(=O)OC(C)(C)C. The van der Waals surface area contributed by atoms with E-state index < -0.39 is 40.3 Å². The zero-order chi connectivity index (χ0) is 25.1. The molecule has 0 saturated heterocycles. The number of nitro benzene ring substituents is 1. The number of ether oxygens (including phenoxy) is 3. The number of nitro groups is 1. The molecule has 0 unspecified atom stereocenters. The topological polar surface area (TPSA) is 141 Å². The number of hydrogen-bond donors (Lipinski definition) is 1. The predicted molar refractivity (Wildman–Crippen MR) is 119 cm³/mol. The molecule has 0 aliphatic carbocycles. The highest BCUT2D eigenvalue weighted by Crippen LogP contribution is 2.26. The number of carbonyl (C=O) groups excluding carboxylic acids is 3. The lowest BCUT2D eigenvalue weighted by Crippen LogP contribution is -2.53. The van der Waals surface area contributed by atoms with Crippen molar-refractivity contribution in [2.45, 2.75) is 65.2 Å². The molecule has 11 nitrogen and oxygen atoms in total. The summed E-state index contributed by atoms with van der Waals surface area (Å²) in [6.07, 6.45) is -0.722. The van der Waals surface area contributed by atoms with Crippen LogP contribution in [-0.2, 0) is 25.4 Å². The van der Waals surface area contributed by atoms with Crippen LogP contribution in [0.25, 0.3) is 10.9 Å². The standard InChI is InChI=1S/C22H29N3O8/c1-21(2,3)32-19(27)24(20(28)33-22(4,5)6)17(18(26)31-7)10-13-12-23-16-11-14(25(29)30)8-9-15(13)16/h8-9,11-12,17,23H,10H2,1-7H3/t17-/m1/s1. The third kappa shape index (κ3) is 6.67. The summed E-state index contributed by atoms with van der Waals surface area (Å²) in [7, 11) is 1.14. The number of amides is 2. The molecule has 11 heteroatoms. The Hall–Kier alpha value is -3.63. The maximum absolute atomic E-state index is 13.0. The van der Waals surface area contributed by atoms with Gasteiger partial charge in [0.15, 0.2) is 0 Å². The third-order valence-corrected chi connectivity index (χ3v) is 4.34. The molecule has 2 aromatic rings. The number of nitrogens with zero attached hydrogens (tertiary/aromatic N) is 2. The fourth-order valence-corrected chi connectivity index (χ4v) is 3.03. The van der Waals surface area contributed by atoms with Crippen LogP contribution in [0.15, 0.2) is 24.4 Å². The van der Waals surface area contributed by atoms with E-state index in [0.29, 0.717) is 21.4 Å². The lowest BCUT2D eigenvalue weighted by atomic mass is 10.0. The van der Waals surface area contributed by atoms with E-state index in [-0.39, 0.29) is 12.1 Å². The molecular formula is C22H29N3O8. The zero-order valence-corrected chi connectivity index (χ0v) is 19.8. The van der Waals surface area contributed by atoms with Gasteiger partial charge in [-0.15, -0.1) is 0 Å². The van der Waals surface area contributed by atoms with E-state index in [4.69, 9.17) is 14.2 Å². The second-order valence-corrected chi connectivity index (χ2v) is 9.37. The normalized spacial score (nSPS) is 12.7. The Bertz CT molecular complexity index is 1030. The van der Waals surface area contributed by atoms with Crippen LogP contribution in [0.1, 0.15) is 47.1 Å². The summed E-state index contributed by atoms with van der Waals surface area (Å²) in [5, 5.41) is 11.6. The zero-order valence-electron chi connectivity index (χ0n) is 19.8. The summed E-state index contributed by atoms with van der Waals surface area (Å²) in [5.41, 5.74) is -1.00. The van der Waals surface area contributed by atoms with Crippen LogP contribution < -0.4 is 0 Å². The number of esters is 1. The molecule has 1 atom stereocenters. The number of aromatic amines is 1. The molecule has 1 aromatic heterocycles. The number of aromatic nitrogens is 1. The highest BCUT2D eigenvalue weighted by atomic mass is 16.6. The third-order valence-electron chi connectivity index (χ3n) is 4.34. The number of nitrogens with one attached hydrogen (secondary N) is 1. The molecule has 1 heterocycles. The van der Waals surface area contributed by atoms with Gasteiger partial charge in [0.05, 0.1) is 17.5 Å². The molecule has 0 radical (unpaired) electrons. The Morgan fingerprint density at radius 2 is 1.61 bits per heavy atom. The number of fused-ring (bicyclic) bond motifs is 1. The van der Waals surface area contributed by atoms with Crippen molar-refractivity contribution in [1.82, 2.24) is 9.88 Å². The van der Waals surface area contributed by atoms with Gasteiger partial charge in [-0.25, -0.2) is 14.4 Å². The lowest BCUT2D eigenvalue weighted by Gasteiger charge is -2.32. The van der Waals surface area contributed by atoms with Gasteiger partial charge in [0.25, 0.3) is 5.69 Å². The van der Waals surface area contributed by atoms with Gasteiger partial charge in [0, 0.05) is 30.1 Å². The van der Waals surface area contributed by atoms with E-state index in [1.54, 1.807) is 47.7 Å². The second kappa shape index (κ2) is 9.47. The molecular weight excluding hydrogens is 434 g/mol. The molecule has 180 valence electrons. The van der Waals surface area contributed by atoms with Crippen molar-refractivity contribution in [3.05, 3.63) is 40.1 Å². The van der Waals surface area contributed by atoms with Crippen LogP contribution >= 0.6 is 0 Å². The maximum Gasteiger partial charge on any atom is 0.420 e. The monoisotopic (exact) mass is 463 g/mol. The van der Waals surface area contributed by atoms with Gasteiger partial charge >= 0.3 is 18.2 Å². The highest BCUT2D eigenvalue weighted by molar-refractivity contribution is 5.95. The highest BCUT2D eigenvalue weighted by Gasteiger charge is 2.41. The molecule has 0 fully saturated rings. The Labute approximate surface area is 191 Å². The minimum Gasteiger partial charge on any atom is -0.467 e. The molecule has 1 N–H and O–H groups in total. The van der Waals surface area contributed by atoms with Crippen molar-refractivity contribution in [2.75, 3.05) is 7.11 Å². The number of imide groups is 1. The first-order chi connectivity index (χ1) is 15.1. The first-order valence-electron chi connectivity index (χ1n) is 10.2. The first-order valence-corrected chi connectivity index (χ1v) is 10.2. The predicted octanol–water partition coefficient (Wildman–Crippen LogP) is 4.33. The molecule has 33 heavy (non-hydrogen) atoms. The summed E-state index contributed by atoms with van der Waals surface area (Å²) in [5.74, 6) is -0.858. The average molecular weight is 463 g/mol. The molecule has 0 aliphatic rings. The molecule has 2 amide bonds. The molecule has 0 saturated carbocycles. The van der Waals surface area contributed by atoms with Crippen LogP contribution in [0.2, 0.25) is 0 Å². The smallest absolute Gasteiger partial charge is 0.420 e. The van der Waals surface area contributed by atoms with E-state index in [2.05, 4.69) is 4.98 Å². The number of carbonyl (C=O) groups is 3. The lowest BCUT2D eigenvalue weighted by molar-refractivity contribution is -0.384. The maximum atomic E-state index is 13.0. The van der Waals surface area contributed by atoms with Crippen molar-refractivity contribution in [3.63, 3.8) is 0 Å². The number of rotatable bonds is 5. The second-order valence-electron chi connectivity index (χ2n) is 9.37. The fraction of sp³-hybridized carbons (Fsp3) is 0.500.